The molecule has 0 bridgehead atoms. The molecule has 1 N–H and O–H groups in total. The van der Waals surface area contributed by atoms with Crippen LogP contribution in [0.3, 0.4) is 0 Å². The summed E-state index contributed by atoms with van der Waals surface area (Å²) in [5.74, 6) is 0.266. The highest BCUT2D eigenvalue weighted by atomic mass is 16.2. The summed E-state index contributed by atoms with van der Waals surface area (Å²) in [6.07, 6.45) is 5.82. The summed E-state index contributed by atoms with van der Waals surface area (Å²) in [6, 6.07) is 0.462. The Labute approximate surface area is 86.2 Å². The van der Waals surface area contributed by atoms with Crippen molar-refractivity contribution < 1.29 is 4.79 Å². The van der Waals surface area contributed by atoms with Gasteiger partial charge in [0.2, 0.25) is 5.91 Å². The van der Waals surface area contributed by atoms with Gasteiger partial charge >= 0.3 is 0 Å². The Morgan fingerprint density at radius 2 is 2.29 bits per heavy atom. The van der Waals surface area contributed by atoms with Gasteiger partial charge in [-0.05, 0) is 6.42 Å². The SMILES string of the molecule is CC(C)NCCC(=O)N1CC=CCC1. The normalized spacial score (nSPS) is 16.4. The number of rotatable bonds is 4. The van der Waals surface area contributed by atoms with Crippen molar-refractivity contribution in [2.24, 2.45) is 0 Å². The third-order valence-electron chi connectivity index (χ3n) is 2.30. The van der Waals surface area contributed by atoms with Gasteiger partial charge in [-0.3, -0.25) is 4.79 Å². The smallest absolute Gasteiger partial charge is 0.224 e. The van der Waals surface area contributed by atoms with E-state index >= 15 is 0 Å². The molecule has 1 aliphatic rings. The summed E-state index contributed by atoms with van der Waals surface area (Å²) in [5, 5.41) is 3.25. The monoisotopic (exact) mass is 196 g/mol. The fraction of sp³-hybridized carbons (Fsp3) is 0.727. The Morgan fingerprint density at radius 1 is 1.50 bits per heavy atom. The molecular formula is C11H20N2O. The molecule has 0 aromatic heterocycles. The van der Waals surface area contributed by atoms with Gasteiger partial charge in [-0.25, -0.2) is 0 Å². The third kappa shape index (κ3) is 3.92. The molecule has 0 atom stereocenters. The van der Waals surface area contributed by atoms with Crippen LogP contribution in [-0.4, -0.2) is 36.5 Å². The summed E-state index contributed by atoms with van der Waals surface area (Å²) in [6.45, 7) is 6.65. The number of nitrogens with zero attached hydrogens (tertiary/aromatic N) is 1. The topological polar surface area (TPSA) is 32.3 Å². The van der Waals surface area contributed by atoms with E-state index in [1.807, 2.05) is 4.90 Å². The first-order valence-electron chi connectivity index (χ1n) is 5.36. The van der Waals surface area contributed by atoms with Crippen molar-refractivity contribution in [3.05, 3.63) is 12.2 Å². The van der Waals surface area contributed by atoms with Gasteiger partial charge in [0, 0.05) is 32.1 Å². The molecule has 1 aliphatic heterocycles. The average Bonchev–Trinajstić information content (AvgIpc) is 2.18. The molecule has 0 aromatic rings. The van der Waals surface area contributed by atoms with Gasteiger partial charge in [0.25, 0.3) is 0 Å². The van der Waals surface area contributed by atoms with Crippen LogP contribution in [0.1, 0.15) is 26.7 Å². The Morgan fingerprint density at radius 3 is 2.86 bits per heavy atom. The van der Waals surface area contributed by atoms with Crippen LogP contribution in [0, 0.1) is 0 Å². The van der Waals surface area contributed by atoms with E-state index in [-0.39, 0.29) is 5.91 Å². The summed E-state index contributed by atoms with van der Waals surface area (Å²) < 4.78 is 0. The van der Waals surface area contributed by atoms with Gasteiger partial charge in [0.15, 0.2) is 0 Å². The minimum absolute atomic E-state index is 0.266. The van der Waals surface area contributed by atoms with E-state index in [4.69, 9.17) is 0 Å². The Bertz CT molecular complexity index is 211. The zero-order valence-corrected chi connectivity index (χ0v) is 9.12. The van der Waals surface area contributed by atoms with E-state index in [9.17, 15) is 4.79 Å². The highest BCUT2D eigenvalue weighted by Crippen LogP contribution is 2.02. The maximum Gasteiger partial charge on any atom is 0.224 e. The van der Waals surface area contributed by atoms with Gasteiger partial charge < -0.3 is 10.2 Å². The molecule has 1 rings (SSSR count). The van der Waals surface area contributed by atoms with E-state index < -0.39 is 0 Å². The molecule has 80 valence electrons. The fourth-order valence-electron chi connectivity index (χ4n) is 1.49. The molecule has 1 heterocycles. The fourth-order valence-corrected chi connectivity index (χ4v) is 1.49. The zero-order chi connectivity index (χ0) is 10.4. The van der Waals surface area contributed by atoms with E-state index in [0.29, 0.717) is 12.5 Å². The quantitative estimate of drug-likeness (QED) is 0.684. The van der Waals surface area contributed by atoms with Crippen LogP contribution < -0.4 is 5.32 Å². The molecule has 1 amide bonds. The van der Waals surface area contributed by atoms with Gasteiger partial charge in [-0.1, -0.05) is 26.0 Å². The highest BCUT2D eigenvalue weighted by Gasteiger charge is 2.12. The third-order valence-corrected chi connectivity index (χ3v) is 2.30. The number of hydrogen-bond donors (Lipinski definition) is 1. The molecule has 0 aromatic carbocycles. The van der Waals surface area contributed by atoms with Gasteiger partial charge in [0.1, 0.15) is 0 Å². The lowest BCUT2D eigenvalue weighted by molar-refractivity contribution is -0.130. The number of nitrogens with one attached hydrogen (secondary N) is 1. The van der Waals surface area contributed by atoms with Crippen molar-refractivity contribution in [3.8, 4) is 0 Å². The van der Waals surface area contributed by atoms with E-state index in [1.165, 1.54) is 0 Å². The van der Waals surface area contributed by atoms with Crippen LogP contribution in [0.2, 0.25) is 0 Å². The molecule has 0 radical (unpaired) electrons. The lowest BCUT2D eigenvalue weighted by Gasteiger charge is -2.23. The molecule has 0 saturated heterocycles. The van der Waals surface area contributed by atoms with Crippen molar-refractivity contribution >= 4 is 5.91 Å². The summed E-state index contributed by atoms with van der Waals surface area (Å²) in [5.41, 5.74) is 0. The van der Waals surface area contributed by atoms with Crippen molar-refractivity contribution in [3.63, 3.8) is 0 Å². The van der Waals surface area contributed by atoms with Crippen LogP contribution >= 0.6 is 0 Å². The standard InChI is InChI=1S/C11H20N2O/c1-10(2)12-7-6-11(14)13-8-4-3-5-9-13/h3-4,10,12H,5-9H2,1-2H3. The second-order valence-corrected chi connectivity index (χ2v) is 3.96. The molecule has 0 fully saturated rings. The lowest BCUT2D eigenvalue weighted by atomic mass is 10.2. The molecule has 3 heteroatoms. The van der Waals surface area contributed by atoms with Crippen molar-refractivity contribution in [2.45, 2.75) is 32.7 Å². The maximum atomic E-state index is 11.6. The second-order valence-electron chi connectivity index (χ2n) is 3.96. The molecule has 0 spiro atoms. The molecular weight excluding hydrogens is 176 g/mol. The molecule has 3 nitrogen and oxygen atoms in total. The first-order valence-corrected chi connectivity index (χ1v) is 5.36. The Balaban J connectivity index is 2.17. The van der Waals surface area contributed by atoms with Crippen molar-refractivity contribution in [1.29, 1.82) is 0 Å². The molecule has 0 aliphatic carbocycles. The second kappa shape index (κ2) is 5.81. The first-order chi connectivity index (χ1) is 6.70. The summed E-state index contributed by atoms with van der Waals surface area (Å²) >= 11 is 0. The van der Waals surface area contributed by atoms with Crippen LogP contribution in [-0.2, 0) is 4.79 Å². The largest absolute Gasteiger partial charge is 0.339 e. The minimum atomic E-state index is 0.266. The Kier molecular flexibility index (Phi) is 4.66. The van der Waals surface area contributed by atoms with Crippen LogP contribution in [0.4, 0.5) is 0 Å². The predicted molar refractivity (Wildman–Crippen MR) is 58.1 cm³/mol. The first kappa shape index (κ1) is 11.2. The van der Waals surface area contributed by atoms with Crippen molar-refractivity contribution in [1.82, 2.24) is 10.2 Å². The van der Waals surface area contributed by atoms with Gasteiger partial charge in [-0.15, -0.1) is 0 Å². The molecule has 14 heavy (non-hydrogen) atoms. The van der Waals surface area contributed by atoms with E-state index in [0.717, 1.165) is 26.1 Å². The predicted octanol–water partition coefficient (Wildman–Crippen LogP) is 1.16. The highest BCUT2D eigenvalue weighted by molar-refractivity contribution is 5.76. The lowest BCUT2D eigenvalue weighted by Crippen LogP contribution is -2.36. The van der Waals surface area contributed by atoms with Gasteiger partial charge in [-0.2, -0.15) is 0 Å². The maximum absolute atomic E-state index is 11.6. The number of carbonyl (C=O) groups is 1. The van der Waals surface area contributed by atoms with E-state index in [1.54, 1.807) is 0 Å². The van der Waals surface area contributed by atoms with Crippen LogP contribution in [0.15, 0.2) is 12.2 Å². The van der Waals surface area contributed by atoms with Crippen LogP contribution in [0.25, 0.3) is 0 Å². The average molecular weight is 196 g/mol. The minimum Gasteiger partial charge on any atom is -0.339 e. The van der Waals surface area contributed by atoms with Crippen molar-refractivity contribution in [2.75, 3.05) is 19.6 Å². The summed E-state index contributed by atoms with van der Waals surface area (Å²) in [4.78, 5) is 13.6. The molecule has 0 unspecified atom stereocenters. The number of amides is 1. The number of hydrogen-bond acceptors (Lipinski definition) is 2. The van der Waals surface area contributed by atoms with Crippen LogP contribution in [0.5, 0.6) is 0 Å². The van der Waals surface area contributed by atoms with E-state index in [2.05, 4.69) is 31.3 Å². The summed E-state index contributed by atoms with van der Waals surface area (Å²) in [7, 11) is 0. The van der Waals surface area contributed by atoms with Gasteiger partial charge in [0.05, 0.1) is 0 Å². The Hall–Kier alpha value is -0.830. The molecule has 0 saturated carbocycles. The zero-order valence-electron chi connectivity index (χ0n) is 9.12. The number of carbonyl (C=O) groups excluding carboxylic acids is 1.